The van der Waals surface area contributed by atoms with Crippen LogP contribution in [0.3, 0.4) is 0 Å². The summed E-state index contributed by atoms with van der Waals surface area (Å²) in [6, 6.07) is 24.0. The second-order valence-electron chi connectivity index (χ2n) is 8.07. The summed E-state index contributed by atoms with van der Waals surface area (Å²) in [5.74, 6) is 0.101. The number of hydrogen-bond donors (Lipinski definition) is 1. The van der Waals surface area contributed by atoms with Gasteiger partial charge in [0.25, 0.3) is 11.8 Å². The standard InChI is InChI=1S/C27H25ClN2O3/c1-18(2)33-23-14-12-22(13-15-23)29-25-24(20-6-4-3-5-7-20)26(31)30(27(25)32)17-16-19-8-10-21(28)11-9-19/h3-15,18,29H,16-17H2,1-2H3. The van der Waals surface area contributed by atoms with E-state index in [2.05, 4.69) is 5.32 Å². The first-order valence-electron chi connectivity index (χ1n) is 10.9. The third kappa shape index (κ3) is 5.26. The largest absolute Gasteiger partial charge is 0.491 e. The molecule has 6 heteroatoms. The van der Waals surface area contributed by atoms with Gasteiger partial charge < -0.3 is 10.1 Å². The number of halogens is 1. The minimum Gasteiger partial charge on any atom is -0.491 e. The van der Waals surface area contributed by atoms with Gasteiger partial charge in [-0.3, -0.25) is 14.5 Å². The highest BCUT2D eigenvalue weighted by Crippen LogP contribution is 2.31. The average Bonchev–Trinajstić information content (AvgIpc) is 3.04. The third-order valence-electron chi connectivity index (χ3n) is 5.26. The van der Waals surface area contributed by atoms with Crippen molar-refractivity contribution in [1.29, 1.82) is 0 Å². The van der Waals surface area contributed by atoms with Gasteiger partial charge in [-0.1, -0.05) is 54.1 Å². The van der Waals surface area contributed by atoms with Crippen molar-refractivity contribution >= 4 is 34.7 Å². The third-order valence-corrected chi connectivity index (χ3v) is 5.52. The molecule has 0 radical (unpaired) electrons. The molecule has 33 heavy (non-hydrogen) atoms. The van der Waals surface area contributed by atoms with Gasteiger partial charge in [0.15, 0.2) is 0 Å². The number of benzene rings is 3. The van der Waals surface area contributed by atoms with Gasteiger partial charge in [-0.05, 0) is 67.8 Å². The maximum Gasteiger partial charge on any atom is 0.278 e. The highest BCUT2D eigenvalue weighted by atomic mass is 35.5. The number of imide groups is 1. The minimum atomic E-state index is -0.338. The first-order chi connectivity index (χ1) is 15.9. The molecule has 3 aromatic rings. The summed E-state index contributed by atoms with van der Waals surface area (Å²) >= 11 is 5.96. The summed E-state index contributed by atoms with van der Waals surface area (Å²) in [5, 5.41) is 3.83. The van der Waals surface area contributed by atoms with Crippen molar-refractivity contribution in [3.8, 4) is 5.75 Å². The summed E-state index contributed by atoms with van der Waals surface area (Å²) in [5.41, 5.74) is 3.06. The highest BCUT2D eigenvalue weighted by molar-refractivity contribution is 6.36. The van der Waals surface area contributed by atoms with Crippen LogP contribution < -0.4 is 10.1 Å². The number of carbonyl (C=O) groups excluding carboxylic acids is 2. The molecular weight excluding hydrogens is 436 g/mol. The highest BCUT2D eigenvalue weighted by Gasteiger charge is 2.38. The van der Waals surface area contributed by atoms with E-state index in [1.54, 1.807) is 12.1 Å². The van der Waals surface area contributed by atoms with Crippen LogP contribution in [0.5, 0.6) is 5.75 Å². The summed E-state index contributed by atoms with van der Waals surface area (Å²) in [6.45, 7) is 4.21. The Hall–Kier alpha value is -3.57. The van der Waals surface area contributed by atoms with Crippen LogP contribution in [0.15, 0.2) is 84.6 Å². The maximum absolute atomic E-state index is 13.3. The number of amides is 2. The molecule has 0 saturated heterocycles. The van der Waals surface area contributed by atoms with Crippen molar-refractivity contribution < 1.29 is 14.3 Å². The number of nitrogens with one attached hydrogen (secondary N) is 1. The smallest absolute Gasteiger partial charge is 0.278 e. The van der Waals surface area contributed by atoms with Crippen LogP contribution in [0.2, 0.25) is 5.02 Å². The van der Waals surface area contributed by atoms with E-state index in [0.29, 0.717) is 28.3 Å². The van der Waals surface area contributed by atoms with Crippen LogP contribution in [-0.2, 0) is 16.0 Å². The molecule has 0 fully saturated rings. The SMILES string of the molecule is CC(C)Oc1ccc(NC2=C(c3ccccc3)C(=O)N(CCc3ccc(Cl)cc3)C2=O)cc1. The quantitative estimate of drug-likeness (QED) is 0.447. The molecule has 0 saturated carbocycles. The zero-order chi connectivity index (χ0) is 23.4. The molecule has 3 aromatic carbocycles. The van der Waals surface area contributed by atoms with E-state index in [0.717, 1.165) is 11.3 Å². The van der Waals surface area contributed by atoms with Crippen molar-refractivity contribution in [3.63, 3.8) is 0 Å². The first kappa shape index (κ1) is 22.6. The topological polar surface area (TPSA) is 58.6 Å². The van der Waals surface area contributed by atoms with Gasteiger partial charge in [0, 0.05) is 17.3 Å². The Balaban J connectivity index is 1.59. The fourth-order valence-corrected chi connectivity index (χ4v) is 3.82. The zero-order valence-electron chi connectivity index (χ0n) is 18.5. The number of hydrogen-bond acceptors (Lipinski definition) is 4. The van der Waals surface area contributed by atoms with E-state index >= 15 is 0 Å². The van der Waals surface area contributed by atoms with E-state index in [-0.39, 0.29) is 30.2 Å². The molecule has 5 nitrogen and oxygen atoms in total. The molecule has 0 spiro atoms. The van der Waals surface area contributed by atoms with Crippen molar-refractivity contribution in [2.45, 2.75) is 26.4 Å². The molecule has 4 rings (SSSR count). The van der Waals surface area contributed by atoms with Gasteiger partial charge in [0.2, 0.25) is 0 Å². The Morgan fingerprint density at radius 2 is 1.55 bits per heavy atom. The van der Waals surface area contributed by atoms with Crippen LogP contribution in [0.4, 0.5) is 5.69 Å². The molecule has 1 N–H and O–H groups in total. The number of carbonyl (C=O) groups is 2. The van der Waals surface area contributed by atoms with Gasteiger partial charge in [0.1, 0.15) is 11.4 Å². The second-order valence-corrected chi connectivity index (χ2v) is 8.51. The van der Waals surface area contributed by atoms with Crippen LogP contribution in [0.25, 0.3) is 5.57 Å². The Morgan fingerprint density at radius 3 is 2.18 bits per heavy atom. The van der Waals surface area contributed by atoms with Gasteiger partial charge in [-0.25, -0.2) is 0 Å². The lowest BCUT2D eigenvalue weighted by Gasteiger charge is -2.15. The summed E-state index contributed by atoms with van der Waals surface area (Å²) in [4.78, 5) is 28.0. The number of rotatable bonds is 8. The lowest BCUT2D eigenvalue weighted by molar-refractivity contribution is -0.136. The van der Waals surface area contributed by atoms with E-state index in [1.165, 1.54) is 4.90 Å². The summed E-state index contributed by atoms with van der Waals surface area (Å²) in [6.07, 6.45) is 0.616. The van der Waals surface area contributed by atoms with E-state index < -0.39 is 0 Å². The maximum atomic E-state index is 13.3. The fraction of sp³-hybridized carbons (Fsp3) is 0.185. The predicted octanol–water partition coefficient (Wildman–Crippen LogP) is 5.56. The Labute approximate surface area is 198 Å². The molecular formula is C27H25ClN2O3. The molecule has 0 bridgehead atoms. The number of anilines is 1. The Kier molecular flexibility index (Phi) is 6.80. The van der Waals surface area contributed by atoms with Crippen molar-refractivity contribution in [2.75, 3.05) is 11.9 Å². The van der Waals surface area contributed by atoms with Gasteiger partial charge in [0.05, 0.1) is 11.7 Å². The molecule has 0 unspecified atom stereocenters. The monoisotopic (exact) mass is 460 g/mol. The molecule has 1 aliphatic rings. The van der Waals surface area contributed by atoms with E-state index in [9.17, 15) is 9.59 Å². The average molecular weight is 461 g/mol. The molecule has 0 aromatic heterocycles. The molecule has 0 aliphatic carbocycles. The van der Waals surface area contributed by atoms with Crippen molar-refractivity contribution in [3.05, 3.63) is 101 Å². The lowest BCUT2D eigenvalue weighted by atomic mass is 10.0. The molecule has 1 aliphatic heterocycles. The predicted molar refractivity (Wildman–Crippen MR) is 131 cm³/mol. The minimum absolute atomic E-state index is 0.0689. The number of nitrogens with zero attached hydrogens (tertiary/aromatic N) is 1. The first-order valence-corrected chi connectivity index (χ1v) is 11.2. The molecule has 2 amide bonds. The van der Waals surface area contributed by atoms with Crippen LogP contribution in [0.1, 0.15) is 25.0 Å². The Bertz CT molecular complexity index is 1170. The van der Waals surface area contributed by atoms with E-state index in [1.807, 2.05) is 80.6 Å². The lowest BCUT2D eigenvalue weighted by Crippen LogP contribution is -2.34. The summed E-state index contributed by atoms with van der Waals surface area (Å²) < 4.78 is 5.69. The van der Waals surface area contributed by atoms with Gasteiger partial charge >= 0.3 is 0 Å². The van der Waals surface area contributed by atoms with E-state index in [4.69, 9.17) is 16.3 Å². The molecule has 168 valence electrons. The van der Waals surface area contributed by atoms with Crippen LogP contribution >= 0.6 is 11.6 Å². The number of ether oxygens (including phenoxy) is 1. The van der Waals surface area contributed by atoms with Crippen molar-refractivity contribution in [2.24, 2.45) is 0 Å². The zero-order valence-corrected chi connectivity index (χ0v) is 19.3. The van der Waals surface area contributed by atoms with Crippen LogP contribution in [-0.4, -0.2) is 29.4 Å². The van der Waals surface area contributed by atoms with Crippen LogP contribution in [0, 0.1) is 0 Å². The van der Waals surface area contributed by atoms with Gasteiger partial charge in [-0.15, -0.1) is 0 Å². The van der Waals surface area contributed by atoms with Crippen molar-refractivity contribution in [1.82, 2.24) is 4.90 Å². The molecule has 1 heterocycles. The normalized spacial score (nSPS) is 13.8. The molecule has 0 atom stereocenters. The summed E-state index contributed by atoms with van der Waals surface area (Å²) in [7, 11) is 0. The van der Waals surface area contributed by atoms with Gasteiger partial charge in [-0.2, -0.15) is 0 Å². The second kappa shape index (κ2) is 9.92. The Morgan fingerprint density at radius 1 is 0.879 bits per heavy atom. The fourth-order valence-electron chi connectivity index (χ4n) is 3.69.